The van der Waals surface area contributed by atoms with Crippen molar-refractivity contribution in [2.75, 3.05) is 13.2 Å². The standard InChI is InChI=1S/C15H25N3O2/c1-11-14(12(2)18-17-11)10-15(19)16-8-4-3-6-13-7-5-9-20-13/h13H,3-10H2,1-2H3,(H,16,19)(H,17,18). The topological polar surface area (TPSA) is 67.0 Å². The first-order valence-electron chi connectivity index (χ1n) is 7.55. The zero-order chi connectivity index (χ0) is 14.4. The summed E-state index contributed by atoms with van der Waals surface area (Å²) in [5.41, 5.74) is 2.91. The monoisotopic (exact) mass is 279 g/mol. The molecule has 0 radical (unpaired) electrons. The third kappa shape index (κ3) is 4.34. The molecular formula is C15H25N3O2. The SMILES string of the molecule is Cc1n[nH]c(C)c1CC(=O)NCCCCC1CCCO1. The van der Waals surface area contributed by atoms with E-state index in [-0.39, 0.29) is 5.91 Å². The molecule has 2 N–H and O–H groups in total. The van der Waals surface area contributed by atoms with Crippen LogP contribution in [-0.4, -0.2) is 35.4 Å². The summed E-state index contributed by atoms with van der Waals surface area (Å²) in [5, 5.41) is 9.99. The van der Waals surface area contributed by atoms with E-state index in [1.165, 1.54) is 12.8 Å². The van der Waals surface area contributed by atoms with Crippen molar-refractivity contribution in [2.24, 2.45) is 0 Å². The normalized spacial score (nSPS) is 18.4. The van der Waals surface area contributed by atoms with Crippen LogP contribution in [0.1, 0.15) is 49.1 Å². The first-order chi connectivity index (χ1) is 9.66. The number of rotatable bonds is 7. The lowest BCUT2D eigenvalue weighted by Crippen LogP contribution is -2.26. The number of aromatic amines is 1. The van der Waals surface area contributed by atoms with Gasteiger partial charge in [0.25, 0.3) is 0 Å². The molecule has 0 aliphatic carbocycles. The van der Waals surface area contributed by atoms with Gasteiger partial charge < -0.3 is 10.1 Å². The van der Waals surface area contributed by atoms with Crippen LogP contribution < -0.4 is 5.32 Å². The summed E-state index contributed by atoms with van der Waals surface area (Å²) in [6.45, 7) is 5.55. The molecule has 5 nitrogen and oxygen atoms in total. The number of hydrogen-bond acceptors (Lipinski definition) is 3. The first kappa shape index (κ1) is 15.0. The Morgan fingerprint density at radius 3 is 2.95 bits per heavy atom. The fourth-order valence-electron chi connectivity index (χ4n) is 2.65. The van der Waals surface area contributed by atoms with Crippen molar-refractivity contribution < 1.29 is 9.53 Å². The van der Waals surface area contributed by atoms with E-state index < -0.39 is 0 Å². The van der Waals surface area contributed by atoms with Crippen molar-refractivity contribution in [1.29, 1.82) is 0 Å². The lowest BCUT2D eigenvalue weighted by Gasteiger charge is -2.09. The third-order valence-electron chi connectivity index (χ3n) is 3.92. The van der Waals surface area contributed by atoms with Gasteiger partial charge in [-0.2, -0.15) is 5.10 Å². The van der Waals surface area contributed by atoms with Crippen LogP contribution >= 0.6 is 0 Å². The summed E-state index contributed by atoms with van der Waals surface area (Å²) in [6, 6.07) is 0. The molecule has 1 aliphatic heterocycles. The molecule has 2 rings (SSSR count). The molecule has 0 bridgehead atoms. The molecule has 20 heavy (non-hydrogen) atoms. The fraction of sp³-hybridized carbons (Fsp3) is 0.733. The van der Waals surface area contributed by atoms with Crippen molar-refractivity contribution in [3.63, 3.8) is 0 Å². The quantitative estimate of drug-likeness (QED) is 0.751. The molecule has 2 heterocycles. The highest BCUT2D eigenvalue weighted by atomic mass is 16.5. The van der Waals surface area contributed by atoms with Gasteiger partial charge in [-0.15, -0.1) is 0 Å². The Kier molecular flexibility index (Phi) is 5.59. The second-order valence-electron chi connectivity index (χ2n) is 5.57. The summed E-state index contributed by atoms with van der Waals surface area (Å²) in [4.78, 5) is 11.9. The average Bonchev–Trinajstić information content (AvgIpc) is 3.04. The maximum Gasteiger partial charge on any atom is 0.224 e. The van der Waals surface area contributed by atoms with Crippen LogP contribution in [0.4, 0.5) is 0 Å². The fourth-order valence-corrected chi connectivity index (χ4v) is 2.65. The molecule has 5 heteroatoms. The Morgan fingerprint density at radius 1 is 1.45 bits per heavy atom. The Morgan fingerprint density at radius 2 is 2.30 bits per heavy atom. The van der Waals surface area contributed by atoms with Crippen LogP contribution in [0.25, 0.3) is 0 Å². The van der Waals surface area contributed by atoms with Gasteiger partial charge in [0.15, 0.2) is 0 Å². The van der Waals surface area contributed by atoms with Crippen LogP contribution in [-0.2, 0) is 16.0 Å². The maximum absolute atomic E-state index is 11.9. The van der Waals surface area contributed by atoms with E-state index >= 15 is 0 Å². The molecule has 112 valence electrons. The lowest BCUT2D eigenvalue weighted by molar-refractivity contribution is -0.120. The van der Waals surface area contributed by atoms with Crippen LogP contribution in [0, 0.1) is 13.8 Å². The minimum absolute atomic E-state index is 0.0784. The van der Waals surface area contributed by atoms with Gasteiger partial charge >= 0.3 is 0 Å². The zero-order valence-electron chi connectivity index (χ0n) is 12.5. The van der Waals surface area contributed by atoms with E-state index in [0.29, 0.717) is 12.5 Å². The first-order valence-corrected chi connectivity index (χ1v) is 7.55. The highest BCUT2D eigenvalue weighted by Gasteiger charge is 2.14. The van der Waals surface area contributed by atoms with Crippen molar-refractivity contribution in [2.45, 2.75) is 58.5 Å². The highest BCUT2D eigenvalue weighted by Crippen LogP contribution is 2.17. The van der Waals surface area contributed by atoms with Gasteiger partial charge in [-0.05, 0) is 46.0 Å². The van der Waals surface area contributed by atoms with Gasteiger partial charge in [0, 0.05) is 24.4 Å². The van der Waals surface area contributed by atoms with Gasteiger partial charge in [0.2, 0.25) is 5.91 Å². The smallest absolute Gasteiger partial charge is 0.224 e. The molecule has 0 spiro atoms. The van der Waals surface area contributed by atoms with E-state index in [9.17, 15) is 4.79 Å². The van der Waals surface area contributed by atoms with Gasteiger partial charge in [0.1, 0.15) is 0 Å². The third-order valence-corrected chi connectivity index (χ3v) is 3.92. The molecule has 1 unspecified atom stereocenters. The number of aryl methyl sites for hydroxylation is 2. The number of nitrogens with one attached hydrogen (secondary N) is 2. The van der Waals surface area contributed by atoms with Crippen LogP contribution in [0.3, 0.4) is 0 Å². The molecule has 1 fully saturated rings. The molecule has 1 saturated heterocycles. The number of aromatic nitrogens is 2. The largest absolute Gasteiger partial charge is 0.378 e. The van der Waals surface area contributed by atoms with E-state index in [2.05, 4.69) is 15.5 Å². The number of unbranched alkanes of at least 4 members (excludes halogenated alkanes) is 1. The molecule has 1 aromatic rings. The van der Waals surface area contributed by atoms with E-state index in [1.807, 2.05) is 13.8 Å². The van der Waals surface area contributed by atoms with Crippen molar-refractivity contribution in [3.8, 4) is 0 Å². The number of ether oxygens (including phenoxy) is 1. The van der Waals surface area contributed by atoms with Crippen molar-refractivity contribution >= 4 is 5.91 Å². The molecular weight excluding hydrogens is 254 g/mol. The van der Waals surface area contributed by atoms with Gasteiger partial charge in [-0.25, -0.2) is 0 Å². The van der Waals surface area contributed by atoms with Gasteiger partial charge in [-0.3, -0.25) is 9.89 Å². The molecule has 1 aliphatic rings. The van der Waals surface area contributed by atoms with Gasteiger partial charge in [0.05, 0.1) is 18.2 Å². The minimum atomic E-state index is 0.0784. The molecule has 1 amide bonds. The average molecular weight is 279 g/mol. The van der Waals surface area contributed by atoms with Crippen LogP contribution in [0.5, 0.6) is 0 Å². The zero-order valence-corrected chi connectivity index (χ0v) is 12.5. The molecule has 0 aromatic carbocycles. The molecule has 1 atom stereocenters. The summed E-state index contributed by atoms with van der Waals surface area (Å²) in [6.07, 6.45) is 6.54. The summed E-state index contributed by atoms with van der Waals surface area (Å²) >= 11 is 0. The molecule has 0 saturated carbocycles. The predicted molar refractivity (Wildman–Crippen MR) is 77.6 cm³/mol. The number of nitrogens with zero attached hydrogens (tertiary/aromatic N) is 1. The summed E-state index contributed by atoms with van der Waals surface area (Å²) in [7, 11) is 0. The Labute approximate surface area is 120 Å². The second kappa shape index (κ2) is 7.43. The van der Waals surface area contributed by atoms with E-state index in [0.717, 1.165) is 49.4 Å². The lowest BCUT2D eigenvalue weighted by atomic mass is 10.1. The number of hydrogen-bond donors (Lipinski definition) is 2. The Bertz CT molecular complexity index is 417. The number of amides is 1. The second-order valence-corrected chi connectivity index (χ2v) is 5.57. The van der Waals surface area contributed by atoms with Crippen LogP contribution in [0.2, 0.25) is 0 Å². The van der Waals surface area contributed by atoms with Gasteiger partial charge in [-0.1, -0.05) is 0 Å². The number of H-pyrrole nitrogens is 1. The minimum Gasteiger partial charge on any atom is -0.378 e. The highest BCUT2D eigenvalue weighted by molar-refractivity contribution is 5.79. The molecule has 1 aromatic heterocycles. The number of carbonyl (C=O) groups is 1. The van der Waals surface area contributed by atoms with E-state index in [1.54, 1.807) is 0 Å². The summed E-state index contributed by atoms with van der Waals surface area (Å²) < 4.78 is 5.58. The maximum atomic E-state index is 11.9. The van der Waals surface area contributed by atoms with Crippen molar-refractivity contribution in [1.82, 2.24) is 15.5 Å². The van der Waals surface area contributed by atoms with Crippen LogP contribution in [0.15, 0.2) is 0 Å². The Hall–Kier alpha value is -1.36. The van der Waals surface area contributed by atoms with Crippen molar-refractivity contribution in [3.05, 3.63) is 17.0 Å². The summed E-state index contributed by atoms with van der Waals surface area (Å²) in [5.74, 6) is 0.0784. The Balaban J connectivity index is 1.58. The predicted octanol–water partition coefficient (Wildman–Crippen LogP) is 2.03. The number of carbonyl (C=O) groups excluding carboxylic acids is 1. The van der Waals surface area contributed by atoms with E-state index in [4.69, 9.17) is 4.74 Å².